The molecule has 2 N–H and O–H groups in total. The Hall–Kier alpha value is -3.61. The van der Waals surface area contributed by atoms with Crippen LogP contribution in [-0.2, 0) is 4.79 Å². The first-order valence-electron chi connectivity index (χ1n) is 10.5. The predicted octanol–water partition coefficient (Wildman–Crippen LogP) is 4.55. The summed E-state index contributed by atoms with van der Waals surface area (Å²) in [5.41, 5.74) is 3.29. The van der Waals surface area contributed by atoms with E-state index in [1.54, 1.807) is 4.68 Å². The van der Waals surface area contributed by atoms with Gasteiger partial charge in [0.1, 0.15) is 18.0 Å². The van der Waals surface area contributed by atoms with Crippen LogP contribution in [0.15, 0.2) is 67.1 Å². The largest absolute Gasteiger partial charge is 0.494 e. The molecule has 1 aromatic heterocycles. The summed E-state index contributed by atoms with van der Waals surface area (Å²) < 4.78 is 7.53. The summed E-state index contributed by atoms with van der Waals surface area (Å²) >= 11 is 0. The molecule has 2 atom stereocenters. The number of rotatable bonds is 7. The highest BCUT2D eigenvalue weighted by Crippen LogP contribution is 2.38. The highest BCUT2D eigenvalue weighted by Gasteiger charge is 2.39. The number of fused-ring (bicyclic) bond motifs is 1. The Labute approximate surface area is 182 Å². The van der Waals surface area contributed by atoms with E-state index in [4.69, 9.17) is 4.74 Å². The maximum atomic E-state index is 13.4. The number of amides is 1. The van der Waals surface area contributed by atoms with Crippen LogP contribution in [0.25, 0.3) is 0 Å². The summed E-state index contributed by atoms with van der Waals surface area (Å²) in [6, 6.07) is 15.2. The van der Waals surface area contributed by atoms with Crippen molar-refractivity contribution < 1.29 is 9.53 Å². The fraction of sp³-hybridized carbons (Fsp3) is 0.292. The molecule has 0 bridgehead atoms. The van der Waals surface area contributed by atoms with Crippen LogP contribution in [-0.4, -0.2) is 27.3 Å². The molecule has 0 fully saturated rings. The molecule has 2 unspecified atom stereocenters. The number of aromatic nitrogens is 3. The minimum absolute atomic E-state index is 0.152. The topological polar surface area (TPSA) is 81.1 Å². The smallest absolute Gasteiger partial charge is 0.235 e. The first kappa shape index (κ1) is 20.7. The Kier molecular flexibility index (Phi) is 6.02. The molecule has 7 nitrogen and oxygen atoms in total. The number of unbranched alkanes of at least 4 members (excludes halogenated alkanes) is 1. The van der Waals surface area contributed by atoms with Crippen molar-refractivity contribution in [1.29, 1.82) is 0 Å². The molecule has 0 saturated heterocycles. The van der Waals surface area contributed by atoms with Gasteiger partial charge in [0.2, 0.25) is 11.9 Å². The molecule has 1 aliphatic heterocycles. The normalized spacial score (nSPS) is 17.5. The van der Waals surface area contributed by atoms with Crippen LogP contribution in [0.5, 0.6) is 5.75 Å². The second kappa shape index (κ2) is 9.04. The van der Waals surface area contributed by atoms with Gasteiger partial charge in [-0.05, 0) is 42.7 Å². The number of nitrogens with one attached hydrogen (secondary N) is 2. The summed E-state index contributed by atoms with van der Waals surface area (Å²) in [4.78, 5) is 17.7. The molecule has 2 heterocycles. The van der Waals surface area contributed by atoms with Gasteiger partial charge in [0.05, 0.1) is 12.6 Å². The van der Waals surface area contributed by atoms with Crippen LogP contribution in [0.4, 0.5) is 11.6 Å². The third kappa shape index (κ3) is 4.30. The van der Waals surface area contributed by atoms with Crippen LogP contribution >= 0.6 is 0 Å². The number of hydrogen-bond acceptors (Lipinski definition) is 5. The quantitative estimate of drug-likeness (QED) is 0.551. The molecule has 0 aliphatic carbocycles. The van der Waals surface area contributed by atoms with E-state index in [9.17, 15) is 4.79 Å². The SMILES string of the molecule is C=C1Nc2ncnn2C(c2ccc(OCCCC)cc2)C1C(=O)Nc1ccccc1C. The van der Waals surface area contributed by atoms with Crippen molar-refractivity contribution in [3.8, 4) is 5.75 Å². The second-order valence-electron chi connectivity index (χ2n) is 7.68. The first-order valence-corrected chi connectivity index (χ1v) is 10.5. The van der Waals surface area contributed by atoms with Crippen molar-refractivity contribution in [2.24, 2.45) is 5.92 Å². The highest BCUT2D eigenvalue weighted by atomic mass is 16.5. The minimum atomic E-state index is -0.569. The second-order valence-corrected chi connectivity index (χ2v) is 7.68. The number of para-hydroxylation sites is 1. The predicted molar refractivity (Wildman–Crippen MR) is 121 cm³/mol. The number of nitrogens with zero attached hydrogens (tertiary/aromatic N) is 3. The van der Waals surface area contributed by atoms with E-state index in [2.05, 4.69) is 34.2 Å². The highest BCUT2D eigenvalue weighted by molar-refractivity contribution is 5.96. The summed E-state index contributed by atoms with van der Waals surface area (Å²) in [7, 11) is 0. The van der Waals surface area contributed by atoms with Gasteiger partial charge in [0.25, 0.3) is 0 Å². The number of ether oxygens (including phenoxy) is 1. The van der Waals surface area contributed by atoms with Gasteiger partial charge in [0.15, 0.2) is 0 Å². The van der Waals surface area contributed by atoms with Crippen LogP contribution in [0.3, 0.4) is 0 Å². The molecule has 0 saturated carbocycles. The van der Waals surface area contributed by atoms with Gasteiger partial charge in [-0.2, -0.15) is 10.1 Å². The minimum Gasteiger partial charge on any atom is -0.494 e. The average molecular weight is 418 g/mol. The summed E-state index contributed by atoms with van der Waals surface area (Å²) in [5.74, 6) is 0.657. The fourth-order valence-electron chi connectivity index (χ4n) is 3.75. The van der Waals surface area contributed by atoms with Gasteiger partial charge in [-0.1, -0.05) is 50.3 Å². The van der Waals surface area contributed by atoms with Gasteiger partial charge in [-0.3, -0.25) is 4.79 Å². The van der Waals surface area contributed by atoms with Crippen molar-refractivity contribution in [2.75, 3.05) is 17.2 Å². The lowest BCUT2D eigenvalue weighted by Crippen LogP contribution is -2.39. The first-order chi connectivity index (χ1) is 15.1. The van der Waals surface area contributed by atoms with E-state index in [0.29, 0.717) is 18.3 Å². The van der Waals surface area contributed by atoms with Gasteiger partial charge in [0, 0.05) is 11.4 Å². The average Bonchev–Trinajstić information content (AvgIpc) is 3.23. The van der Waals surface area contributed by atoms with Crippen molar-refractivity contribution >= 4 is 17.5 Å². The molecular formula is C24H27N5O2. The zero-order valence-electron chi connectivity index (χ0n) is 17.8. The Bertz CT molecular complexity index is 1070. The van der Waals surface area contributed by atoms with Crippen molar-refractivity contribution in [2.45, 2.75) is 32.7 Å². The maximum absolute atomic E-state index is 13.4. The molecule has 0 radical (unpaired) electrons. The Balaban J connectivity index is 1.64. The fourth-order valence-corrected chi connectivity index (χ4v) is 3.75. The van der Waals surface area contributed by atoms with Gasteiger partial charge < -0.3 is 15.4 Å². The van der Waals surface area contributed by atoms with Crippen LogP contribution in [0.1, 0.15) is 36.9 Å². The maximum Gasteiger partial charge on any atom is 0.235 e. The lowest BCUT2D eigenvalue weighted by molar-refractivity contribution is -0.119. The number of carbonyl (C=O) groups is 1. The third-order valence-corrected chi connectivity index (χ3v) is 5.47. The Morgan fingerprint density at radius 2 is 2.00 bits per heavy atom. The molecule has 3 aromatic rings. The Morgan fingerprint density at radius 3 is 2.74 bits per heavy atom. The van der Waals surface area contributed by atoms with E-state index in [-0.39, 0.29) is 11.9 Å². The van der Waals surface area contributed by atoms with E-state index in [1.807, 2.05) is 55.5 Å². The standard InChI is InChI=1S/C24H27N5O2/c1-4-5-14-31-19-12-10-18(11-13-19)22-21(17(3)27-24-25-15-26-29(22)24)23(30)28-20-9-7-6-8-16(20)2/h6-13,15,21-22H,3-5,14H2,1-2H3,(H,28,30)(H,25,26,27). The van der Waals surface area contributed by atoms with E-state index < -0.39 is 5.92 Å². The van der Waals surface area contributed by atoms with Crippen molar-refractivity contribution in [3.63, 3.8) is 0 Å². The molecule has 1 amide bonds. The van der Waals surface area contributed by atoms with Gasteiger partial charge in [-0.25, -0.2) is 4.68 Å². The van der Waals surface area contributed by atoms with Gasteiger partial charge >= 0.3 is 0 Å². The number of aryl methyl sites for hydroxylation is 1. The molecule has 1 aliphatic rings. The lowest BCUT2D eigenvalue weighted by Gasteiger charge is -2.34. The van der Waals surface area contributed by atoms with Crippen LogP contribution in [0.2, 0.25) is 0 Å². The van der Waals surface area contributed by atoms with Gasteiger partial charge in [-0.15, -0.1) is 0 Å². The van der Waals surface area contributed by atoms with Crippen LogP contribution in [0, 0.1) is 12.8 Å². The summed E-state index contributed by atoms with van der Waals surface area (Å²) in [6.07, 6.45) is 3.58. The zero-order chi connectivity index (χ0) is 21.8. The van der Waals surface area contributed by atoms with E-state index in [1.165, 1.54) is 6.33 Å². The molecule has 2 aromatic carbocycles. The Morgan fingerprint density at radius 1 is 1.23 bits per heavy atom. The monoisotopic (exact) mass is 417 g/mol. The molecule has 4 rings (SSSR count). The third-order valence-electron chi connectivity index (χ3n) is 5.47. The summed E-state index contributed by atoms with van der Waals surface area (Å²) in [6.45, 7) is 8.91. The molecular weight excluding hydrogens is 390 g/mol. The molecule has 31 heavy (non-hydrogen) atoms. The molecule has 160 valence electrons. The number of benzene rings is 2. The zero-order valence-corrected chi connectivity index (χ0v) is 17.8. The van der Waals surface area contributed by atoms with Crippen molar-refractivity contribution in [1.82, 2.24) is 14.8 Å². The van der Waals surface area contributed by atoms with E-state index >= 15 is 0 Å². The number of carbonyl (C=O) groups excluding carboxylic acids is 1. The summed E-state index contributed by atoms with van der Waals surface area (Å²) in [5, 5.41) is 10.6. The molecule has 7 heteroatoms. The van der Waals surface area contributed by atoms with Crippen molar-refractivity contribution in [3.05, 3.63) is 78.3 Å². The number of anilines is 2. The van der Waals surface area contributed by atoms with Crippen LogP contribution < -0.4 is 15.4 Å². The lowest BCUT2D eigenvalue weighted by atomic mass is 9.88. The number of hydrogen-bond donors (Lipinski definition) is 2. The molecule has 0 spiro atoms. The van der Waals surface area contributed by atoms with E-state index in [0.717, 1.165) is 35.4 Å².